The van der Waals surface area contributed by atoms with Crippen LogP contribution in [-0.2, 0) is 0 Å². The molecule has 0 aliphatic rings. The van der Waals surface area contributed by atoms with E-state index in [1.54, 1.807) is 0 Å². The van der Waals surface area contributed by atoms with Gasteiger partial charge in [0.05, 0.1) is 11.0 Å². The number of hydrogen-bond donors (Lipinski definition) is 1. The maximum atomic E-state index is 3.81. The Morgan fingerprint density at radius 1 is 0.373 bits per heavy atom. The Hall–Kier alpha value is -6.42. The third kappa shape index (κ3) is 5.18. The number of thiophene rings is 1. The van der Waals surface area contributed by atoms with E-state index in [1.165, 1.54) is 81.0 Å². The lowest BCUT2D eigenvalue weighted by atomic mass is 9.95. The van der Waals surface area contributed by atoms with Crippen LogP contribution >= 0.6 is 11.3 Å². The number of fused-ring (bicyclic) bond motifs is 6. The second-order valence-electron chi connectivity index (χ2n) is 13.1. The van der Waals surface area contributed by atoms with E-state index in [0.717, 1.165) is 11.4 Å². The molecule has 0 atom stereocenters. The van der Waals surface area contributed by atoms with Gasteiger partial charge in [-0.2, -0.15) is 0 Å². The van der Waals surface area contributed by atoms with Gasteiger partial charge in [-0.15, -0.1) is 11.3 Å². The minimum absolute atomic E-state index is 1.06. The van der Waals surface area contributed by atoms with Gasteiger partial charge in [-0.3, -0.25) is 0 Å². The van der Waals surface area contributed by atoms with Crippen LogP contribution in [0.1, 0.15) is 0 Å². The van der Waals surface area contributed by atoms with E-state index in [-0.39, 0.29) is 0 Å². The highest BCUT2D eigenvalue weighted by Gasteiger charge is 2.16. The molecule has 51 heavy (non-hydrogen) atoms. The van der Waals surface area contributed by atoms with Crippen molar-refractivity contribution < 1.29 is 0 Å². The normalized spacial score (nSPS) is 11.5. The van der Waals surface area contributed by atoms with Gasteiger partial charge in [-0.05, 0) is 101 Å². The molecule has 0 saturated carbocycles. The quantitative estimate of drug-likeness (QED) is 0.187. The van der Waals surface area contributed by atoms with Gasteiger partial charge in [0.1, 0.15) is 0 Å². The standard InChI is InChI=1S/C48H32N2S/c1-3-12-32(13-4-1)33-14-11-15-37(28-33)49-44-25-22-34(29-41(44)36-24-27-48-43(31-36)40-19-8-10-21-47(40)51-48)35-23-26-46-42(30-35)39-18-7-9-20-45(39)50(46)38-16-5-2-6-17-38/h1-31,49H. The van der Waals surface area contributed by atoms with Crippen LogP contribution in [0, 0.1) is 0 Å². The van der Waals surface area contributed by atoms with E-state index in [2.05, 4.69) is 198 Å². The second kappa shape index (κ2) is 12.2. The van der Waals surface area contributed by atoms with E-state index in [1.807, 2.05) is 11.3 Å². The summed E-state index contributed by atoms with van der Waals surface area (Å²) in [6.45, 7) is 0. The fourth-order valence-corrected chi connectivity index (χ4v) is 8.62. The number of aromatic nitrogens is 1. The molecule has 10 rings (SSSR count). The monoisotopic (exact) mass is 668 g/mol. The Morgan fingerprint density at radius 2 is 1.00 bits per heavy atom. The van der Waals surface area contributed by atoms with Crippen molar-refractivity contribution in [2.45, 2.75) is 0 Å². The minimum atomic E-state index is 1.06. The molecule has 0 aliphatic carbocycles. The number of anilines is 2. The molecular weight excluding hydrogens is 637 g/mol. The molecule has 0 radical (unpaired) electrons. The van der Waals surface area contributed by atoms with E-state index in [0.29, 0.717) is 0 Å². The molecule has 8 aromatic carbocycles. The lowest BCUT2D eigenvalue weighted by Gasteiger charge is -2.16. The number of para-hydroxylation sites is 2. The Labute approximate surface area is 300 Å². The van der Waals surface area contributed by atoms with Crippen LogP contribution in [0.25, 0.3) is 81.0 Å². The Balaban J connectivity index is 1.13. The topological polar surface area (TPSA) is 17.0 Å². The molecule has 0 amide bonds. The molecule has 0 saturated heterocycles. The van der Waals surface area contributed by atoms with Gasteiger partial charge >= 0.3 is 0 Å². The van der Waals surface area contributed by atoms with E-state index >= 15 is 0 Å². The summed E-state index contributed by atoms with van der Waals surface area (Å²) in [5.74, 6) is 0. The largest absolute Gasteiger partial charge is 0.355 e. The molecule has 240 valence electrons. The maximum absolute atomic E-state index is 3.81. The van der Waals surface area contributed by atoms with E-state index in [4.69, 9.17) is 0 Å². The van der Waals surface area contributed by atoms with Crippen LogP contribution in [0.2, 0.25) is 0 Å². The van der Waals surface area contributed by atoms with Gasteiger partial charge in [-0.25, -0.2) is 0 Å². The Morgan fingerprint density at radius 3 is 1.88 bits per heavy atom. The molecule has 0 aliphatic heterocycles. The molecule has 0 fully saturated rings. The Kier molecular flexibility index (Phi) is 7.04. The summed E-state index contributed by atoms with van der Waals surface area (Å²) in [5, 5.41) is 8.92. The predicted octanol–water partition coefficient (Wildman–Crippen LogP) is 13.9. The smallest absolute Gasteiger partial charge is 0.0541 e. The summed E-state index contributed by atoms with van der Waals surface area (Å²) in [6, 6.07) is 68.0. The summed E-state index contributed by atoms with van der Waals surface area (Å²) in [4.78, 5) is 0. The van der Waals surface area contributed by atoms with Crippen molar-refractivity contribution >= 4 is 64.7 Å². The van der Waals surface area contributed by atoms with Crippen molar-refractivity contribution in [3.63, 3.8) is 0 Å². The fraction of sp³-hybridized carbons (Fsp3) is 0. The fourth-order valence-electron chi connectivity index (χ4n) is 7.54. The zero-order chi connectivity index (χ0) is 33.7. The zero-order valence-electron chi connectivity index (χ0n) is 27.8. The van der Waals surface area contributed by atoms with Gasteiger partial charge in [0.15, 0.2) is 0 Å². The SMILES string of the molecule is c1ccc(-c2cccc(Nc3ccc(-c4ccc5c(c4)c4ccccc4n5-c4ccccc4)cc3-c3ccc4sc5ccccc5c4c3)c2)cc1. The molecule has 2 aromatic heterocycles. The van der Waals surface area contributed by atoms with Gasteiger partial charge in [0.2, 0.25) is 0 Å². The van der Waals surface area contributed by atoms with Crippen molar-refractivity contribution in [1.29, 1.82) is 0 Å². The highest BCUT2D eigenvalue weighted by molar-refractivity contribution is 7.25. The van der Waals surface area contributed by atoms with Crippen LogP contribution in [0.15, 0.2) is 188 Å². The molecule has 3 heteroatoms. The van der Waals surface area contributed by atoms with Crippen LogP contribution in [0.4, 0.5) is 11.4 Å². The van der Waals surface area contributed by atoms with E-state index in [9.17, 15) is 0 Å². The second-order valence-corrected chi connectivity index (χ2v) is 14.1. The molecule has 2 heterocycles. The van der Waals surface area contributed by atoms with E-state index < -0.39 is 0 Å². The molecule has 2 nitrogen and oxygen atoms in total. The van der Waals surface area contributed by atoms with Crippen molar-refractivity contribution in [2.75, 3.05) is 5.32 Å². The first-order chi connectivity index (χ1) is 25.3. The Bertz CT molecular complexity index is 2880. The average molecular weight is 669 g/mol. The minimum Gasteiger partial charge on any atom is -0.355 e. The molecular formula is C48H32N2S. The third-order valence-corrected chi connectivity index (χ3v) is 11.1. The highest BCUT2D eigenvalue weighted by atomic mass is 32.1. The number of benzene rings is 8. The summed E-state index contributed by atoms with van der Waals surface area (Å²) >= 11 is 1.86. The molecule has 0 unspecified atom stereocenters. The van der Waals surface area contributed by atoms with Crippen molar-refractivity contribution in [3.8, 4) is 39.1 Å². The third-order valence-electron chi connectivity index (χ3n) is 9.98. The molecule has 1 N–H and O–H groups in total. The predicted molar refractivity (Wildman–Crippen MR) is 220 cm³/mol. The van der Waals surface area contributed by atoms with Crippen LogP contribution in [0.5, 0.6) is 0 Å². The van der Waals surface area contributed by atoms with Gasteiger partial charge < -0.3 is 9.88 Å². The average Bonchev–Trinajstić information content (AvgIpc) is 3.74. The van der Waals surface area contributed by atoms with Crippen LogP contribution in [-0.4, -0.2) is 4.57 Å². The van der Waals surface area contributed by atoms with Crippen molar-refractivity contribution in [3.05, 3.63) is 188 Å². The van der Waals surface area contributed by atoms with Gasteiger partial charge in [-0.1, -0.05) is 115 Å². The lowest BCUT2D eigenvalue weighted by Crippen LogP contribution is -1.95. The lowest BCUT2D eigenvalue weighted by molar-refractivity contribution is 1.18. The summed E-state index contributed by atoms with van der Waals surface area (Å²) < 4.78 is 5.00. The molecule has 10 aromatic rings. The van der Waals surface area contributed by atoms with Crippen LogP contribution in [0.3, 0.4) is 0 Å². The molecule has 0 bridgehead atoms. The van der Waals surface area contributed by atoms with Crippen molar-refractivity contribution in [2.24, 2.45) is 0 Å². The molecule has 0 spiro atoms. The van der Waals surface area contributed by atoms with Crippen LogP contribution < -0.4 is 5.32 Å². The maximum Gasteiger partial charge on any atom is 0.0541 e. The first-order valence-electron chi connectivity index (χ1n) is 17.3. The number of nitrogens with zero attached hydrogens (tertiary/aromatic N) is 1. The summed E-state index contributed by atoms with van der Waals surface area (Å²) in [7, 11) is 0. The summed E-state index contributed by atoms with van der Waals surface area (Å²) in [5.41, 5.74) is 12.8. The first-order valence-corrected chi connectivity index (χ1v) is 18.2. The number of hydrogen-bond acceptors (Lipinski definition) is 2. The summed E-state index contributed by atoms with van der Waals surface area (Å²) in [6.07, 6.45) is 0. The zero-order valence-corrected chi connectivity index (χ0v) is 28.6. The van der Waals surface area contributed by atoms with Gasteiger partial charge in [0, 0.05) is 53.6 Å². The van der Waals surface area contributed by atoms with Gasteiger partial charge in [0.25, 0.3) is 0 Å². The van der Waals surface area contributed by atoms with Crippen molar-refractivity contribution in [1.82, 2.24) is 4.57 Å². The number of rotatable bonds is 6. The first kappa shape index (κ1) is 29.5. The highest BCUT2D eigenvalue weighted by Crippen LogP contribution is 2.41. The number of nitrogens with one attached hydrogen (secondary N) is 1.